The summed E-state index contributed by atoms with van der Waals surface area (Å²) in [6.07, 6.45) is 1.71. The van der Waals surface area contributed by atoms with Crippen LogP contribution in [0.15, 0.2) is 34.7 Å². The number of carbonyl (C=O) groups is 1. The Hall–Kier alpha value is -1.81. The van der Waals surface area contributed by atoms with Crippen LogP contribution < -0.4 is 5.32 Å². The van der Waals surface area contributed by atoms with Crippen LogP contribution in [0.25, 0.3) is 11.0 Å². The van der Waals surface area contributed by atoms with Gasteiger partial charge in [0.05, 0.1) is 6.04 Å². The van der Waals surface area contributed by atoms with Crippen LogP contribution in [0.2, 0.25) is 0 Å². The molecule has 4 nitrogen and oxygen atoms in total. The standard InChI is InChI=1S/C17H22N2O2/c1-12(16-10-14-5-3-4-6-15(14)21-16)19(2)17(20)9-13-7-8-18-11-13/h3-6,10,12-13,18H,7-9,11H2,1-2H3. The van der Waals surface area contributed by atoms with Gasteiger partial charge in [-0.2, -0.15) is 0 Å². The van der Waals surface area contributed by atoms with Crippen LogP contribution in [-0.2, 0) is 4.79 Å². The summed E-state index contributed by atoms with van der Waals surface area (Å²) in [7, 11) is 1.86. The largest absolute Gasteiger partial charge is 0.459 e. The van der Waals surface area contributed by atoms with Crippen molar-refractivity contribution in [3.63, 3.8) is 0 Å². The lowest BCUT2D eigenvalue weighted by atomic mass is 10.0. The van der Waals surface area contributed by atoms with Gasteiger partial charge in [0.1, 0.15) is 11.3 Å². The molecular weight excluding hydrogens is 264 g/mol. The minimum absolute atomic E-state index is 0.0423. The molecule has 0 radical (unpaired) electrons. The summed E-state index contributed by atoms with van der Waals surface area (Å²) in [5.41, 5.74) is 0.875. The molecule has 1 aromatic carbocycles. The Balaban J connectivity index is 1.70. The molecule has 3 rings (SSSR count). The van der Waals surface area contributed by atoms with Crippen molar-refractivity contribution in [1.29, 1.82) is 0 Å². The van der Waals surface area contributed by atoms with E-state index in [1.807, 2.05) is 44.3 Å². The Labute approximate surface area is 125 Å². The fraction of sp³-hybridized carbons (Fsp3) is 0.471. The summed E-state index contributed by atoms with van der Waals surface area (Å²) < 4.78 is 5.86. The van der Waals surface area contributed by atoms with Crippen molar-refractivity contribution in [2.45, 2.75) is 25.8 Å². The van der Waals surface area contributed by atoms with E-state index in [2.05, 4.69) is 5.32 Å². The van der Waals surface area contributed by atoms with E-state index in [1.54, 1.807) is 4.90 Å². The molecule has 2 atom stereocenters. The van der Waals surface area contributed by atoms with Gasteiger partial charge in [0, 0.05) is 18.9 Å². The Morgan fingerprint density at radius 3 is 3.00 bits per heavy atom. The third kappa shape index (κ3) is 2.95. The maximum Gasteiger partial charge on any atom is 0.223 e. The van der Waals surface area contributed by atoms with Crippen molar-refractivity contribution in [1.82, 2.24) is 10.2 Å². The van der Waals surface area contributed by atoms with Crippen molar-refractivity contribution in [3.05, 3.63) is 36.1 Å². The predicted molar refractivity (Wildman–Crippen MR) is 83.0 cm³/mol. The van der Waals surface area contributed by atoms with Gasteiger partial charge in [0.15, 0.2) is 0 Å². The first-order chi connectivity index (χ1) is 10.1. The number of amides is 1. The maximum absolute atomic E-state index is 12.4. The van der Waals surface area contributed by atoms with Gasteiger partial charge in [-0.3, -0.25) is 4.79 Å². The van der Waals surface area contributed by atoms with Crippen molar-refractivity contribution in [3.8, 4) is 0 Å². The zero-order valence-corrected chi connectivity index (χ0v) is 12.6. The van der Waals surface area contributed by atoms with Crippen molar-refractivity contribution < 1.29 is 9.21 Å². The third-order valence-corrected chi connectivity index (χ3v) is 4.46. The molecule has 1 fully saturated rings. The number of hydrogen-bond acceptors (Lipinski definition) is 3. The lowest BCUT2D eigenvalue weighted by molar-refractivity contribution is -0.133. The summed E-state index contributed by atoms with van der Waals surface area (Å²) in [6, 6.07) is 9.93. The lowest BCUT2D eigenvalue weighted by Gasteiger charge is -2.24. The van der Waals surface area contributed by atoms with Gasteiger partial charge in [0.25, 0.3) is 0 Å². The van der Waals surface area contributed by atoms with E-state index in [0.717, 1.165) is 36.2 Å². The first kappa shape index (κ1) is 14.1. The average molecular weight is 286 g/mol. The highest BCUT2D eigenvalue weighted by Gasteiger charge is 2.24. The number of furan rings is 1. The monoisotopic (exact) mass is 286 g/mol. The van der Waals surface area contributed by atoms with Crippen molar-refractivity contribution in [2.75, 3.05) is 20.1 Å². The molecule has 112 valence electrons. The number of hydrogen-bond donors (Lipinski definition) is 1. The summed E-state index contributed by atoms with van der Waals surface area (Å²) in [5, 5.41) is 4.39. The van der Waals surface area contributed by atoms with Gasteiger partial charge < -0.3 is 14.6 Å². The minimum atomic E-state index is -0.0423. The molecule has 0 spiro atoms. The van der Waals surface area contributed by atoms with Gasteiger partial charge in [-0.25, -0.2) is 0 Å². The molecular formula is C17H22N2O2. The second-order valence-electron chi connectivity index (χ2n) is 5.93. The lowest BCUT2D eigenvalue weighted by Crippen LogP contribution is -2.31. The van der Waals surface area contributed by atoms with Crippen LogP contribution >= 0.6 is 0 Å². The highest BCUT2D eigenvalue weighted by molar-refractivity contribution is 5.79. The van der Waals surface area contributed by atoms with E-state index in [9.17, 15) is 4.79 Å². The Morgan fingerprint density at radius 1 is 1.48 bits per heavy atom. The third-order valence-electron chi connectivity index (χ3n) is 4.46. The van der Waals surface area contributed by atoms with Crippen molar-refractivity contribution in [2.24, 2.45) is 5.92 Å². The smallest absolute Gasteiger partial charge is 0.223 e. The molecule has 0 saturated carbocycles. The molecule has 1 aliphatic rings. The first-order valence-electron chi connectivity index (χ1n) is 7.60. The number of nitrogens with zero attached hydrogens (tertiary/aromatic N) is 1. The maximum atomic E-state index is 12.4. The quantitative estimate of drug-likeness (QED) is 0.940. The summed E-state index contributed by atoms with van der Waals surface area (Å²) in [5.74, 6) is 1.51. The summed E-state index contributed by atoms with van der Waals surface area (Å²) in [6.45, 7) is 4.00. The second-order valence-corrected chi connectivity index (χ2v) is 5.93. The normalized spacial score (nSPS) is 19.8. The molecule has 1 saturated heterocycles. The van der Waals surface area contributed by atoms with E-state index >= 15 is 0 Å². The number of fused-ring (bicyclic) bond motifs is 1. The molecule has 0 aliphatic carbocycles. The minimum Gasteiger partial charge on any atom is -0.459 e. The molecule has 2 unspecified atom stereocenters. The average Bonchev–Trinajstić information content (AvgIpc) is 3.14. The van der Waals surface area contributed by atoms with Crippen LogP contribution in [0.1, 0.15) is 31.6 Å². The van der Waals surface area contributed by atoms with Crippen molar-refractivity contribution >= 4 is 16.9 Å². The number of carbonyl (C=O) groups excluding carboxylic acids is 1. The fourth-order valence-electron chi connectivity index (χ4n) is 2.89. The molecule has 2 aromatic rings. The van der Waals surface area contributed by atoms with E-state index in [1.165, 1.54) is 0 Å². The zero-order valence-electron chi connectivity index (χ0n) is 12.6. The fourth-order valence-corrected chi connectivity index (χ4v) is 2.89. The van der Waals surface area contributed by atoms with Crippen LogP contribution in [0, 0.1) is 5.92 Å². The molecule has 21 heavy (non-hydrogen) atoms. The van der Waals surface area contributed by atoms with E-state index < -0.39 is 0 Å². The molecule has 1 aliphatic heterocycles. The topological polar surface area (TPSA) is 45.5 Å². The van der Waals surface area contributed by atoms with Gasteiger partial charge in [-0.15, -0.1) is 0 Å². The zero-order chi connectivity index (χ0) is 14.8. The van der Waals surface area contributed by atoms with E-state index in [4.69, 9.17) is 4.42 Å². The highest BCUT2D eigenvalue weighted by Crippen LogP contribution is 2.27. The van der Waals surface area contributed by atoms with Crippen LogP contribution in [-0.4, -0.2) is 30.9 Å². The number of benzene rings is 1. The Morgan fingerprint density at radius 2 is 2.29 bits per heavy atom. The number of para-hydroxylation sites is 1. The second kappa shape index (κ2) is 5.90. The van der Waals surface area contributed by atoms with Gasteiger partial charge in [-0.05, 0) is 44.5 Å². The molecule has 0 bridgehead atoms. The van der Waals surface area contributed by atoms with Crippen LogP contribution in [0.4, 0.5) is 0 Å². The Kier molecular flexibility index (Phi) is 3.97. The van der Waals surface area contributed by atoms with E-state index in [0.29, 0.717) is 12.3 Å². The van der Waals surface area contributed by atoms with Gasteiger partial charge in [0.2, 0.25) is 5.91 Å². The van der Waals surface area contributed by atoms with Crippen LogP contribution in [0.3, 0.4) is 0 Å². The molecule has 1 aromatic heterocycles. The van der Waals surface area contributed by atoms with Gasteiger partial charge >= 0.3 is 0 Å². The molecule has 1 amide bonds. The number of rotatable bonds is 4. The molecule has 1 N–H and O–H groups in total. The molecule has 4 heteroatoms. The predicted octanol–water partition coefficient (Wildman–Crippen LogP) is 2.95. The van der Waals surface area contributed by atoms with Gasteiger partial charge in [-0.1, -0.05) is 18.2 Å². The number of nitrogens with one attached hydrogen (secondary N) is 1. The van der Waals surface area contributed by atoms with Crippen LogP contribution in [0.5, 0.6) is 0 Å². The summed E-state index contributed by atoms with van der Waals surface area (Å²) >= 11 is 0. The molecule has 2 heterocycles. The SMILES string of the molecule is CC(c1cc2ccccc2o1)N(C)C(=O)CC1CCNC1. The Bertz CT molecular complexity index is 596. The van der Waals surface area contributed by atoms with E-state index in [-0.39, 0.29) is 11.9 Å². The highest BCUT2D eigenvalue weighted by atomic mass is 16.3. The summed E-state index contributed by atoms with van der Waals surface area (Å²) in [4.78, 5) is 14.2. The first-order valence-corrected chi connectivity index (χ1v) is 7.60.